The second kappa shape index (κ2) is 6.30. The van der Waals surface area contributed by atoms with E-state index < -0.39 is 27.7 Å². The highest BCUT2D eigenvalue weighted by Gasteiger charge is 2.18. The summed E-state index contributed by atoms with van der Waals surface area (Å²) < 4.78 is 44.3. The van der Waals surface area contributed by atoms with Crippen molar-refractivity contribution in [2.24, 2.45) is 0 Å². The molecule has 0 spiro atoms. The van der Waals surface area contributed by atoms with Gasteiger partial charge in [-0.1, -0.05) is 0 Å². The van der Waals surface area contributed by atoms with Crippen molar-refractivity contribution in [1.82, 2.24) is 0 Å². The number of hydrogen-bond donors (Lipinski definition) is 1. The average Bonchev–Trinajstić information content (AvgIpc) is 2.24. The summed E-state index contributed by atoms with van der Waals surface area (Å²) in [5.74, 6) is -0.619. The van der Waals surface area contributed by atoms with Crippen LogP contribution >= 0.6 is 0 Å². The molecule has 0 radical (unpaired) electrons. The summed E-state index contributed by atoms with van der Waals surface area (Å²) in [6, 6.07) is 4.25. The van der Waals surface area contributed by atoms with E-state index in [2.05, 4.69) is 5.32 Å². The molecule has 1 rings (SSSR count). The fourth-order valence-corrected chi connectivity index (χ4v) is 2.17. The van der Waals surface area contributed by atoms with Crippen molar-refractivity contribution in [3.63, 3.8) is 0 Å². The van der Waals surface area contributed by atoms with Gasteiger partial charge < -0.3 is 9.47 Å². The summed E-state index contributed by atoms with van der Waals surface area (Å²) in [5, 5.41) is 2.44. The molecule has 0 heterocycles. The monoisotopic (exact) mass is 319 g/mol. The molecule has 0 saturated heterocycles. The molecule has 1 N–H and O–H groups in total. The summed E-state index contributed by atoms with van der Waals surface area (Å²) in [5.41, 5.74) is -0.279. The van der Waals surface area contributed by atoms with Crippen LogP contribution in [0.15, 0.2) is 18.2 Å². The average molecular weight is 319 g/mol. The lowest BCUT2D eigenvalue weighted by atomic mass is 10.2. The molecule has 0 aromatic heterocycles. The molecule has 1 amide bonds. The van der Waals surface area contributed by atoms with Crippen LogP contribution in [0, 0.1) is 0 Å². The van der Waals surface area contributed by atoms with Crippen molar-refractivity contribution in [2.75, 3.05) is 12.4 Å². The van der Waals surface area contributed by atoms with Gasteiger partial charge in [-0.05, 0) is 39.0 Å². The largest absolute Gasteiger partial charge is 0.496 e. The highest BCUT2D eigenvalue weighted by atomic mass is 32.3. The molecule has 21 heavy (non-hydrogen) atoms. The van der Waals surface area contributed by atoms with E-state index in [1.807, 2.05) is 0 Å². The molecule has 0 aliphatic carbocycles. The molecular formula is C13H18FNO5S. The second-order valence-corrected chi connectivity index (χ2v) is 6.70. The minimum Gasteiger partial charge on any atom is -0.496 e. The van der Waals surface area contributed by atoms with Gasteiger partial charge in [-0.25, -0.2) is 4.79 Å². The number of benzene rings is 1. The Hall–Kier alpha value is -1.83. The van der Waals surface area contributed by atoms with Crippen molar-refractivity contribution in [1.29, 1.82) is 0 Å². The molecule has 0 bridgehead atoms. The first-order chi connectivity index (χ1) is 9.50. The van der Waals surface area contributed by atoms with Gasteiger partial charge in [0.25, 0.3) is 0 Å². The molecule has 0 saturated carbocycles. The van der Waals surface area contributed by atoms with Gasteiger partial charge in [-0.15, -0.1) is 3.89 Å². The normalized spacial score (nSPS) is 11.9. The van der Waals surface area contributed by atoms with Crippen molar-refractivity contribution in [2.45, 2.75) is 32.1 Å². The number of hydrogen-bond acceptors (Lipinski definition) is 5. The summed E-state index contributed by atoms with van der Waals surface area (Å²) in [4.78, 5) is 11.6. The molecule has 6 nitrogen and oxygen atoms in total. The first-order valence-corrected chi connectivity index (χ1v) is 7.65. The number of nitrogens with one attached hydrogen (secondary N) is 1. The summed E-state index contributed by atoms with van der Waals surface area (Å²) in [6.07, 6.45) is -0.693. The maximum Gasteiger partial charge on any atom is 0.412 e. The van der Waals surface area contributed by atoms with E-state index >= 15 is 0 Å². The minimum absolute atomic E-state index is 0.105. The third kappa shape index (κ3) is 6.44. The molecule has 1 aromatic rings. The zero-order chi connectivity index (χ0) is 16.3. The molecule has 0 fully saturated rings. The summed E-state index contributed by atoms with van der Waals surface area (Å²) in [6.45, 7) is 5.13. The van der Waals surface area contributed by atoms with E-state index in [1.54, 1.807) is 20.8 Å². The molecule has 0 aliphatic rings. The minimum atomic E-state index is -4.71. The van der Waals surface area contributed by atoms with Crippen LogP contribution in [0.4, 0.5) is 14.4 Å². The Labute approximate surface area is 123 Å². The maximum atomic E-state index is 12.8. The van der Waals surface area contributed by atoms with E-state index in [0.717, 1.165) is 0 Å². The van der Waals surface area contributed by atoms with Gasteiger partial charge >= 0.3 is 16.3 Å². The Morgan fingerprint density at radius 1 is 1.33 bits per heavy atom. The predicted octanol–water partition coefficient (Wildman–Crippen LogP) is 2.84. The number of amides is 1. The molecule has 1 aromatic carbocycles. The van der Waals surface area contributed by atoms with Crippen molar-refractivity contribution in [3.8, 4) is 5.75 Å². The molecule has 0 aliphatic heterocycles. The Kier molecular flexibility index (Phi) is 5.16. The summed E-state index contributed by atoms with van der Waals surface area (Å²) >= 11 is 0. The third-order valence-electron chi connectivity index (χ3n) is 2.25. The number of halogens is 1. The van der Waals surface area contributed by atoms with Gasteiger partial charge in [0.15, 0.2) is 0 Å². The molecule has 0 unspecified atom stereocenters. The summed E-state index contributed by atoms with van der Waals surface area (Å²) in [7, 11) is -3.37. The van der Waals surface area contributed by atoms with Gasteiger partial charge in [0.05, 0.1) is 7.11 Å². The number of carbonyl (C=O) groups excluding carboxylic acids is 1. The Morgan fingerprint density at radius 2 is 1.95 bits per heavy atom. The van der Waals surface area contributed by atoms with Crippen molar-refractivity contribution in [3.05, 3.63) is 23.8 Å². The predicted molar refractivity (Wildman–Crippen MR) is 76.6 cm³/mol. The van der Waals surface area contributed by atoms with E-state index in [9.17, 15) is 17.1 Å². The van der Waals surface area contributed by atoms with Gasteiger partial charge in [-0.3, -0.25) is 5.32 Å². The highest BCUT2D eigenvalue weighted by molar-refractivity contribution is 7.85. The van der Waals surface area contributed by atoms with Gasteiger partial charge in [0.2, 0.25) is 0 Å². The Morgan fingerprint density at radius 3 is 2.43 bits per heavy atom. The lowest BCUT2D eigenvalue weighted by Crippen LogP contribution is -2.27. The molecule has 8 heteroatoms. The maximum absolute atomic E-state index is 12.8. The lowest BCUT2D eigenvalue weighted by molar-refractivity contribution is 0.0636. The van der Waals surface area contributed by atoms with Crippen LogP contribution in [0.25, 0.3) is 0 Å². The van der Waals surface area contributed by atoms with Gasteiger partial charge in [0, 0.05) is 11.3 Å². The fraction of sp³-hybridized carbons (Fsp3) is 0.462. The zero-order valence-corrected chi connectivity index (χ0v) is 13.1. The van der Waals surface area contributed by atoms with Crippen LogP contribution in [0.1, 0.15) is 26.3 Å². The number of methoxy groups -OCH3 is 1. The second-order valence-electron chi connectivity index (χ2n) is 5.34. The number of carbonyl (C=O) groups is 1. The van der Waals surface area contributed by atoms with E-state index in [1.165, 1.54) is 25.3 Å². The third-order valence-corrected chi connectivity index (χ3v) is 2.91. The lowest BCUT2D eigenvalue weighted by Gasteiger charge is -2.20. The van der Waals surface area contributed by atoms with Crippen LogP contribution in [0.5, 0.6) is 5.75 Å². The Bertz CT molecular complexity index is 622. The number of ether oxygens (including phenoxy) is 2. The Balaban J connectivity index is 2.95. The van der Waals surface area contributed by atoms with E-state index in [4.69, 9.17) is 9.47 Å². The standard InChI is InChI=1S/C13H18FNO5S/c1-13(2,3)20-12(16)15-10-5-6-11(19-4)9(7-10)8-21(14,17)18/h5-7H,8H2,1-4H3,(H,15,16). The van der Waals surface area contributed by atoms with Crippen LogP contribution in [0.3, 0.4) is 0 Å². The molecule has 0 atom stereocenters. The molecular weight excluding hydrogens is 301 g/mol. The highest BCUT2D eigenvalue weighted by Crippen LogP contribution is 2.25. The SMILES string of the molecule is COc1ccc(NC(=O)OC(C)(C)C)cc1CS(=O)(=O)F. The number of anilines is 1. The van der Waals surface area contributed by atoms with E-state index in [-0.39, 0.29) is 17.0 Å². The zero-order valence-electron chi connectivity index (χ0n) is 12.3. The van der Waals surface area contributed by atoms with Gasteiger partial charge in [0.1, 0.15) is 17.1 Å². The quantitative estimate of drug-likeness (QED) is 0.863. The number of rotatable bonds is 4. The van der Waals surface area contributed by atoms with Crippen LogP contribution in [-0.4, -0.2) is 27.2 Å². The van der Waals surface area contributed by atoms with Crippen molar-refractivity contribution >= 4 is 22.0 Å². The topological polar surface area (TPSA) is 81.7 Å². The first kappa shape index (κ1) is 17.2. The van der Waals surface area contributed by atoms with Crippen LogP contribution < -0.4 is 10.1 Å². The van der Waals surface area contributed by atoms with Crippen LogP contribution in [0.2, 0.25) is 0 Å². The smallest absolute Gasteiger partial charge is 0.412 e. The first-order valence-electron chi connectivity index (χ1n) is 6.09. The van der Waals surface area contributed by atoms with Crippen molar-refractivity contribution < 1.29 is 26.6 Å². The van der Waals surface area contributed by atoms with Crippen LogP contribution in [-0.2, 0) is 20.7 Å². The van der Waals surface area contributed by atoms with Gasteiger partial charge in [-0.2, -0.15) is 8.42 Å². The fourth-order valence-electron chi connectivity index (χ4n) is 1.58. The van der Waals surface area contributed by atoms with E-state index in [0.29, 0.717) is 0 Å². The molecule has 118 valence electrons.